The van der Waals surface area contributed by atoms with Crippen LogP contribution in [0.4, 0.5) is 10.8 Å². The van der Waals surface area contributed by atoms with Crippen molar-refractivity contribution in [1.82, 2.24) is 9.97 Å². The van der Waals surface area contributed by atoms with Crippen LogP contribution < -0.4 is 9.64 Å². The van der Waals surface area contributed by atoms with Gasteiger partial charge >= 0.3 is 0 Å². The molecule has 0 unspecified atom stereocenters. The lowest BCUT2D eigenvalue weighted by Gasteiger charge is -2.20. The van der Waals surface area contributed by atoms with Gasteiger partial charge in [0.25, 0.3) is 11.6 Å². The highest BCUT2D eigenvalue weighted by molar-refractivity contribution is 7.22. The topological polar surface area (TPSA) is 98.5 Å². The molecule has 0 spiro atoms. The quantitative estimate of drug-likeness (QED) is 0.337. The Morgan fingerprint density at radius 2 is 2.03 bits per heavy atom. The minimum Gasteiger partial charge on any atom is -0.497 e. The Morgan fingerprint density at radius 3 is 2.77 bits per heavy atom. The van der Waals surface area contributed by atoms with Crippen molar-refractivity contribution in [2.75, 3.05) is 12.0 Å². The van der Waals surface area contributed by atoms with E-state index in [0.717, 1.165) is 10.3 Å². The summed E-state index contributed by atoms with van der Waals surface area (Å²) >= 11 is 1.33. The molecule has 0 fully saturated rings. The third-order valence-electron chi connectivity index (χ3n) is 4.45. The largest absolute Gasteiger partial charge is 0.497 e. The van der Waals surface area contributed by atoms with Crippen molar-refractivity contribution in [1.29, 1.82) is 0 Å². The molecule has 0 atom stereocenters. The van der Waals surface area contributed by atoms with Crippen LogP contribution in [0.2, 0.25) is 0 Å². The van der Waals surface area contributed by atoms with Crippen LogP contribution in [0, 0.1) is 10.1 Å². The number of benzene rings is 2. The zero-order valence-corrected chi connectivity index (χ0v) is 16.7. The van der Waals surface area contributed by atoms with Crippen LogP contribution in [-0.4, -0.2) is 27.9 Å². The maximum atomic E-state index is 13.4. The summed E-state index contributed by atoms with van der Waals surface area (Å²) in [6.07, 6.45) is 3.29. The number of carbonyl (C=O) groups is 1. The van der Waals surface area contributed by atoms with E-state index in [4.69, 9.17) is 4.74 Å². The first-order valence-electron chi connectivity index (χ1n) is 8.95. The molecule has 4 rings (SSSR count). The first-order valence-corrected chi connectivity index (χ1v) is 9.77. The van der Waals surface area contributed by atoms with Crippen LogP contribution in [0.25, 0.3) is 10.2 Å². The molecule has 2 aromatic heterocycles. The number of nitro benzene ring substituents is 1. The van der Waals surface area contributed by atoms with Gasteiger partial charge in [-0.1, -0.05) is 29.5 Å². The standard InChI is InChI=1S/C21H16N4O4S/c1-29-15-8-9-19-17(11-15)23-21(30-19)24(13-14-5-4-10-22-12-14)20(26)16-6-2-3-7-18(16)25(27)28/h2-12H,13H2,1H3. The Balaban J connectivity index is 1.81. The van der Waals surface area contributed by atoms with Crippen molar-refractivity contribution in [3.05, 3.63) is 88.2 Å². The monoisotopic (exact) mass is 420 g/mol. The van der Waals surface area contributed by atoms with Gasteiger partial charge < -0.3 is 4.74 Å². The third-order valence-corrected chi connectivity index (χ3v) is 5.51. The molecule has 150 valence electrons. The number of anilines is 1. The summed E-state index contributed by atoms with van der Waals surface area (Å²) in [5, 5.41) is 11.9. The van der Waals surface area contributed by atoms with Crippen molar-refractivity contribution in [2.45, 2.75) is 6.54 Å². The van der Waals surface area contributed by atoms with Crippen LogP contribution in [-0.2, 0) is 6.54 Å². The van der Waals surface area contributed by atoms with Gasteiger partial charge in [-0.2, -0.15) is 0 Å². The molecule has 0 aliphatic carbocycles. The number of methoxy groups -OCH3 is 1. The average molecular weight is 420 g/mol. The van der Waals surface area contributed by atoms with Gasteiger partial charge in [0.1, 0.15) is 11.3 Å². The number of thiazole rings is 1. The SMILES string of the molecule is COc1ccc2sc(N(Cc3cccnc3)C(=O)c3ccccc3[N+](=O)[O-])nc2c1. The van der Waals surface area contributed by atoms with Gasteiger partial charge in [-0.05, 0) is 29.8 Å². The van der Waals surface area contributed by atoms with Crippen molar-refractivity contribution in [3.63, 3.8) is 0 Å². The summed E-state index contributed by atoms with van der Waals surface area (Å²) in [4.78, 5) is 34.4. The third kappa shape index (κ3) is 3.83. The summed E-state index contributed by atoms with van der Waals surface area (Å²) < 4.78 is 6.12. The molecule has 1 amide bonds. The molecule has 0 bridgehead atoms. The molecule has 8 nitrogen and oxygen atoms in total. The number of fused-ring (bicyclic) bond motifs is 1. The fourth-order valence-electron chi connectivity index (χ4n) is 3.00. The highest BCUT2D eigenvalue weighted by atomic mass is 32.1. The summed E-state index contributed by atoms with van der Waals surface area (Å²) in [6.45, 7) is 0.176. The van der Waals surface area contributed by atoms with E-state index in [1.807, 2.05) is 18.2 Å². The number of nitrogens with zero attached hydrogens (tertiary/aromatic N) is 4. The Bertz CT molecular complexity index is 1230. The van der Waals surface area contributed by atoms with Gasteiger partial charge in [0.05, 0.1) is 28.8 Å². The zero-order chi connectivity index (χ0) is 21.1. The summed E-state index contributed by atoms with van der Waals surface area (Å²) in [5.41, 5.74) is 1.21. The van der Waals surface area contributed by atoms with Crippen LogP contribution in [0.15, 0.2) is 67.0 Å². The van der Waals surface area contributed by atoms with Gasteiger partial charge in [-0.15, -0.1) is 0 Å². The van der Waals surface area contributed by atoms with Crippen molar-refractivity contribution < 1.29 is 14.5 Å². The second-order valence-corrected chi connectivity index (χ2v) is 7.37. The highest BCUT2D eigenvalue weighted by Gasteiger charge is 2.27. The van der Waals surface area contributed by atoms with Gasteiger partial charge in [0.15, 0.2) is 5.13 Å². The zero-order valence-electron chi connectivity index (χ0n) is 15.9. The minimum absolute atomic E-state index is 0.00299. The molecule has 0 saturated carbocycles. The van der Waals surface area contributed by atoms with E-state index in [1.54, 1.807) is 37.7 Å². The molecule has 0 aliphatic heterocycles. The molecule has 0 saturated heterocycles. The predicted molar refractivity (Wildman–Crippen MR) is 114 cm³/mol. The number of aromatic nitrogens is 2. The molecule has 0 N–H and O–H groups in total. The molecule has 2 aromatic carbocycles. The fourth-order valence-corrected chi connectivity index (χ4v) is 3.94. The normalized spacial score (nSPS) is 10.7. The maximum Gasteiger partial charge on any atom is 0.282 e. The molecule has 30 heavy (non-hydrogen) atoms. The number of carbonyl (C=O) groups excluding carboxylic acids is 1. The smallest absolute Gasteiger partial charge is 0.282 e. The van der Waals surface area contributed by atoms with Gasteiger partial charge in [0.2, 0.25) is 0 Å². The molecular formula is C21H16N4O4S. The number of amides is 1. The van der Waals surface area contributed by atoms with Gasteiger partial charge in [0, 0.05) is 24.5 Å². The van der Waals surface area contributed by atoms with Crippen LogP contribution in [0.5, 0.6) is 5.75 Å². The van der Waals surface area contributed by atoms with Gasteiger partial charge in [-0.25, -0.2) is 4.98 Å². The number of nitro groups is 1. The summed E-state index contributed by atoms with van der Waals surface area (Å²) in [7, 11) is 1.57. The lowest BCUT2D eigenvalue weighted by atomic mass is 10.1. The lowest BCUT2D eigenvalue weighted by molar-refractivity contribution is -0.385. The number of ether oxygens (including phenoxy) is 1. The highest BCUT2D eigenvalue weighted by Crippen LogP contribution is 2.33. The van der Waals surface area contributed by atoms with E-state index in [2.05, 4.69) is 9.97 Å². The number of rotatable bonds is 6. The number of hydrogen-bond donors (Lipinski definition) is 0. The lowest BCUT2D eigenvalue weighted by Crippen LogP contribution is -2.31. The molecule has 0 aliphatic rings. The van der Waals surface area contributed by atoms with E-state index in [1.165, 1.54) is 34.4 Å². The van der Waals surface area contributed by atoms with Crippen molar-refractivity contribution in [2.24, 2.45) is 0 Å². The first kappa shape index (κ1) is 19.5. The Hall–Kier alpha value is -3.85. The fraction of sp³-hybridized carbons (Fsp3) is 0.0952. The minimum atomic E-state index is -0.557. The molecular weight excluding hydrogens is 404 g/mol. The van der Waals surface area contributed by atoms with Crippen LogP contribution >= 0.6 is 11.3 Å². The Morgan fingerprint density at radius 1 is 1.20 bits per heavy atom. The molecule has 4 aromatic rings. The van der Waals surface area contributed by atoms with E-state index in [0.29, 0.717) is 16.4 Å². The Labute approximate surface area is 175 Å². The second-order valence-electron chi connectivity index (χ2n) is 6.36. The summed E-state index contributed by atoms with van der Waals surface area (Å²) in [5.74, 6) is 0.153. The van der Waals surface area contributed by atoms with E-state index < -0.39 is 10.8 Å². The van der Waals surface area contributed by atoms with Crippen molar-refractivity contribution >= 4 is 38.3 Å². The summed E-state index contributed by atoms with van der Waals surface area (Å²) in [6, 6.07) is 15.0. The first-order chi connectivity index (χ1) is 14.6. The average Bonchev–Trinajstić information content (AvgIpc) is 3.20. The number of para-hydroxylation sites is 1. The van der Waals surface area contributed by atoms with Crippen molar-refractivity contribution in [3.8, 4) is 5.75 Å². The van der Waals surface area contributed by atoms with Gasteiger partial charge in [-0.3, -0.25) is 24.8 Å². The Kier molecular flexibility index (Phi) is 5.36. The number of hydrogen-bond acceptors (Lipinski definition) is 7. The predicted octanol–water partition coefficient (Wildman–Crippen LogP) is 4.46. The number of pyridine rings is 1. The van der Waals surface area contributed by atoms with Crippen LogP contribution in [0.3, 0.4) is 0 Å². The van der Waals surface area contributed by atoms with E-state index in [-0.39, 0.29) is 17.8 Å². The second kappa shape index (κ2) is 8.26. The van der Waals surface area contributed by atoms with E-state index in [9.17, 15) is 14.9 Å². The maximum absolute atomic E-state index is 13.4. The molecule has 2 heterocycles. The van der Waals surface area contributed by atoms with Crippen LogP contribution in [0.1, 0.15) is 15.9 Å². The molecule has 0 radical (unpaired) electrons. The van der Waals surface area contributed by atoms with E-state index >= 15 is 0 Å². The molecule has 9 heteroatoms.